The predicted molar refractivity (Wildman–Crippen MR) is 115 cm³/mol. The summed E-state index contributed by atoms with van der Waals surface area (Å²) in [4.78, 5) is 11.7. The Labute approximate surface area is 185 Å². The molecular weight excluding hydrogens is 444 g/mol. The van der Waals surface area contributed by atoms with Crippen molar-refractivity contribution in [1.29, 1.82) is 0 Å². The van der Waals surface area contributed by atoms with Gasteiger partial charge in [-0.05, 0) is 49.2 Å². The molecule has 0 saturated heterocycles. The molecule has 1 heterocycles. The van der Waals surface area contributed by atoms with E-state index < -0.39 is 16.0 Å². The van der Waals surface area contributed by atoms with Crippen molar-refractivity contribution in [1.82, 2.24) is 9.88 Å². The summed E-state index contributed by atoms with van der Waals surface area (Å²) in [5, 5.41) is 4.29. The first-order valence-electron chi connectivity index (χ1n) is 9.40. The third-order valence-electron chi connectivity index (χ3n) is 4.35. The zero-order valence-corrected chi connectivity index (χ0v) is 18.5. The molecule has 2 aromatic carbocycles. The summed E-state index contributed by atoms with van der Waals surface area (Å²) in [6.45, 7) is 2.07. The number of esters is 1. The molecule has 0 saturated carbocycles. The average Bonchev–Trinajstić information content (AvgIpc) is 3.25. The van der Waals surface area contributed by atoms with Crippen molar-refractivity contribution < 1.29 is 27.2 Å². The lowest BCUT2D eigenvalue weighted by molar-refractivity contribution is 0.0514. The predicted octanol–water partition coefficient (Wildman–Crippen LogP) is 3.70. The van der Waals surface area contributed by atoms with E-state index in [0.29, 0.717) is 17.0 Å². The van der Waals surface area contributed by atoms with E-state index in [1.807, 2.05) is 12.1 Å². The Morgan fingerprint density at radius 3 is 2.58 bits per heavy atom. The highest BCUT2D eigenvalue weighted by atomic mass is 35.5. The van der Waals surface area contributed by atoms with Gasteiger partial charge in [-0.3, -0.25) is 0 Å². The highest BCUT2D eigenvalue weighted by molar-refractivity contribution is 7.89. The molecule has 0 fully saturated rings. The molecule has 0 spiro atoms. The normalized spacial score (nSPS) is 11.3. The molecule has 0 aliphatic heterocycles. The molecule has 3 aromatic rings. The van der Waals surface area contributed by atoms with Crippen molar-refractivity contribution >= 4 is 27.6 Å². The third-order valence-corrected chi connectivity index (χ3v) is 6.09. The molecular formula is C21H21ClN2O6S. The van der Waals surface area contributed by atoms with Gasteiger partial charge in [-0.25, -0.2) is 17.9 Å². The van der Waals surface area contributed by atoms with Crippen LogP contribution in [0.1, 0.15) is 23.0 Å². The van der Waals surface area contributed by atoms with Crippen LogP contribution in [0.25, 0.3) is 11.3 Å². The Bertz CT molecular complexity index is 1160. The minimum atomic E-state index is -3.88. The van der Waals surface area contributed by atoms with Crippen LogP contribution >= 0.6 is 11.6 Å². The van der Waals surface area contributed by atoms with E-state index in [1.165, 1.54) is 25.3 Å². The average molecular weight is 465 g/mol. The van der Waals surface area contributed by atoms with Crippen molar-refractivity contribution in [3.8, 4) is 17.1 Å². The Kier molecular flexibility index (Phi) is 7.32. The number of halogens is 1. The Morgan fingerprint density at radius 1 is 1.16 bits per heavy atom. The lowest BCUT2D eigenvalue weighted by atomic mass is 10.1. The van der Waals surface area contributed by atoms with E-state index in [0.717, 1.165) is 5.56 Å². The fourth-order valence-electron chi connectivity index (χ4n) is 2.81. The van der Waals surface area contributed by atoms with Crippen molar-refractivity contribution in [2.24, 2.45) is 0 Å². The second-order valence-corrected chi connectivity index (χ2v) is 8.61. The molecule has 0 aliphatic rings. The molecule has 31 heavy (non-hydrogen) atoms. The maximum atomic E-state index is 12.9. The number of hydrogen-bond donors (Lipinski definition) is 1. The maximum Gasteiger partial charge on any atom is 0.360 e. The second kappa shape index (κ2) is 9.95. The van der Waals surface area contributed by atoms with Crippen LogP contribution in [0.3, 0.4) is 0 Å². The topological polar surface area (TPSA) is 108 Å². The van der Waals surface area contributed by atoms with Gasteiger partial charge >= 0.3 is 5.97 Å². The Balaban J connectivity index is 1.80. The molecule has 1 N–H and O–H groups in total. The summed E-state index contributed by atoms with van der Waals surface area (Å²) in [5.41, 5.74) is 1.36. The van der Waals surface area contributed by atoms with Crippen LogP contribution in [0, 0.1) is 0 Å². The summed E-state index contributed by atoms with van der Waals surface area (Å²) in [7, 11) is -2.50. The summed E-state index contributed by atoms with van der Waals surface area (Å²) >= 11 is 5.87. The minimum absolute atomic E-state index is 0.00170. The first kappa shape index (κ1) is 22.8. The number of benzene rings is 2. The SMILES string of the molecule is CCOC(=O)c1cc(-c2ccc(OC)c(S(=O)(=O)NCCc3ccc(Cl)cc3)c2)on1. The van der Waals surface area contributed by atoms with Gasteiger partial charge < -0.3 is 14.0 Å². The third kappa shape index (κ3) is 5.63. The first-order chi connectivity index (χ1) is 14.8. The van der Waals surface area contributed by atoms with Gasteiger partial charge in [0, 0.05) is 23.2 Å². The lowest BCUT2D eigenvalue weighted by Crippen LogP contribution is -2.26. The minimum Gasteiger partial charge on any atom is -0.495 e. The van der Waals surface area contributed by atoms with Crippen LogP contribution < -0.4 is 9.46 Å². The number of rotatable bonds is 9. The summed E-state index contributed by atoms with van der Waals surface area (Å²) in [5.74, 6) is -0.223. The number of nitrogens with one attached hydrogen (secondary N) is 1. The van der Waals surface area contributed by atoms with Gasteiger partial charge in [-0.1, -0.05) is 28.9 Å². The number of carbonyl (C=O) groups excluding carboxylic acids is 1. The molecule has 8 nitrogen and oxygen atoms in total. The van der Waals surface area contributed by atoms with Crippen LogP contribution in [0.2, 0.25) is 5.02 Å². The highest BCUT2D eigenvalue weighted by Gasteiger charge is 2.22. The number of sulfonamides is 1. The fourth-order valence-corrected chi connectivity index (χ4v) is 4.16. The number of methoxy groups -OCH3 is 1. The van der Waals surface area contributed by atoms with Crippen LogP contribution in [0.5, 0.6) is 5.75 Å². The second-order valence-electron chi connectivity index (χ2n) is 6.44. The first-order valence-corrected chi connectivity index (χ1v) is 11.3. The van der Waals surface area contributed by atoms with Crippen LogP contribution in [0.15, 0.2) is 57.9 Å². The molecule has 0 unspecified atom stereocenters. The number of carbonyl (C=O) groups is 1. The zero-order chi connectivity index (χ0) is 22.4. The van der Waals surface area contributed by atoms with Gasteiger partial charge in [-0.2, -0.15) is 0 Å². The maximum absolute atomic E-state index is 12.9. The molecule has 0 radical (unpaired) electrons. The van der Waals surface area contributed by atoms with E-state index in [4.69, 9.17) is 25.6 Å². The van der Waals surface area contributed by atoms with Gasteiger partial charge in [0.15, 0.2) is 11.5 Å². The summed E-state index contributed by atoms with van der Waals surface area (Å²) < 4.78 is 43.7. The van der Waals surface area contributed by atoms with Gasteiger partial charge in [-0.15, -0.1) is 0 Å². The summed E-state index contributed by atoms with van der Waals surface area (Å²) in [6, 6.07) is 13.1. The van der Waals surface area contributed by atoms with Crippen LogP contribution in [-0.2, 0) is 21.2 Å². The fraction of sp³-hybridized carbons (Fsp3) is 0.238. The van der Waals surface area contributed by atoms with E-state index in [9.17, 15) is 13.2 Å². The van der Waals surface area contributed by atoms with Crippen molar-refractivity contribution in [3.05, 3.63) is 64.8 Å². The van der Waals surface area contributed by atoms with Gasteiger partial charge in [0.05, 0.1) is 13.7 Å². The van der Waals surface area contributed by atoms with Crippen molar-refractivity contribution in [2.45, 2.75) is 18.2 Å². The Morgan fingerprint density at radius 2 is 1.90 bits per heavy atom. The van der Waals surface area contributed by atoms with Crippen molar-refractivity contribution in [3.63, 3.8) is 0 Å². The van der Waals surface area contributed by atoms with Gasteiger partial charge in [0.1, 0.15) is 10.6 Å². The van der Waals surface area contributed by atoms with Crippen molar-refractivity contribution in [2.75, 3.05) is 20.3 Å². The molecule has 0 bridgehead atoms. The van der Waals surface area contributed by atoms with Gasteiger partial charge in [0.25, 0.3) is 0 Å². The zero-order valence-electron chi connectivity index (χ0n) is 16.9. The molecule has 0 aliphatic carbocycles. The number of aromatic nitrogens is 1. The lowest BCUT2D eigenvalue weighted by Gasteiger charge is -2.12. The largest absolute Gasteiger partial charge is 0.495 e. The molecule has 1 aromatic heterocycles. The summed E-state index contributed by atoms with van der Waals surface area (Å²) in [6.07, 6.45) is 0.489. The highest BCUT2D eigenvalue weighted by Crippen LogP contribution is 2.30. The molecule has 0 atom stereocenters. The van der Waals surface area contributed by atoms with Crippen LogP contribution in [-0.4, -0.2) is 39.8 Å². The molecule has 0 amide bonds. The van der Waals surface area contributed by atoms with Crippen LogP contribution in [0.4, 0.5) is 0 Å². The Hall–Kier alpha value is -2.88. The van der Waals surface area contributed by atoms with E-state index >= 15 is 0 Å². The number of ether oxygens (including phenoxy) is 2. The molecule has 10 heteroatoms. The number of nitrogens with zero attached hydrogens (tertiary/aromatic N) is 1. The molecule has 3 rings (SSSR count). The molecule has 164 valence electrons. The van der Waals surface area contributed by atoms with E-state index in [-0.39, 0.29) is 35.3 Å². The quantitative estimate of drug-likeness (QED) is 0.481. The smallest absolute Gasteiger partial charge is 0.360 e. The van der Waals surface area contributed by atoms with E-state index in [2.05, 4.69) is 9.88 Å². The monoisotopic (exact) mass is 464 g/mol. The van der Waals surface area contributed by atoms with Gasteiger partial charge in [0.2, 0.25) is 10.0 Å². The van der Waals surface area contributed by atoms with E-state index in [1.54, 1.807) is 25.1 Å². The standard InChI is InChI=1S/C21H21ClN2O6S/c1-3-29-21(25)17-13-19(30-24-17)15-6-9-18(28-2)20(12-15)31(26,27)23-11-10-14-4-7-16(22)8-5-14/h4-9,12-13,23H,3,10-11H2,1-2H3. The number of hydrogen-bond acceptors (Lipinski definition) is 7.